The van der Waals surface area contributed by atoms with Gasteiger partial charge in [0.25, 0.3) is 10.2 Å². The van der Waals surface area contributed by atoms with E-state index < -0.39 is 10.2 Å². The third kappa shape index (κ3) is 2.82. The fraction of sp³-hybridized carbons (Fsp3) is 1.00. The van der Waals surface area contributed by atoms with Gasteiger partial charge in [0.05, 0.1) is 6.61 Å². The van der Waals surface area contributed by atoms with Crippen molar-refractivity contribution in [3.63, 3.8) is 0 Å². The summed E-state index contributed by atoms with van der Waals surface area (Å²) in [5.74, 6) is 0.755. The van der Waals surface area contributed by atoms with Crippen molar-refractivity contribution in [1.29, 1.82) is 0 Å². The van der Waals surface area contributed by atoms with Crippen molar-refractivity contribution in [3.05, 3.63) is 0 Å². The molecule has 1 heterocycles. The Morgan fingerprint density at radius 1 is 1.21 bits per heavy atom. The van der Waals surface area contributed by atoms with E-state index in [0.29, 0.717) is 13.1 Å². The maximum absolute atomic E-state index is 12.4. The molecule has 1 aliphatic heterocycles. The zero-order valence-electron chi connectivity index (χ0n) is 11.3. The van der Waals surface area contributed by atoms with E-state index in [2.05, 4.69) is 4.72 Å². The highest BCUT2D eigenvalue weighted by atomic mass is 32.2. The SMILES string of the molecule is O=S(=O)(NCC1(C2CC2)CC1)N1CCCCC1CO. The molecule has 2 aliphatic carbocycles. The molecule has 0 bridgehead atoms. The van der Waals surface area contributed by atoms with Crippen molar-refractivity contribution in [3.8, 4) is 0 Å². The lowest BCUT2D eigenvalue weighted by atomic mass is 10.0. The minimum Gasteiger partial charge on any atom is -0.395 e. The summed E-state index contributed by atoms with van der Waals surface area (Å²) in [6, 6.07) is -0.234. The van der Waals surface area contributed by atoms with Gasteiger partial charge in [-0.25, -0.2) is 4.72 Å². The predicted octanol–water partition coefficient (Wildman–Crippen LogP) is 0.858. The predicted molar refractivity (Wildman–Crippen MR) is 72.7 cm³/mol. The van der Waals surface area contributed by atoms with Gasteiger partial charge < -0.3 is 5.11 Å². The molecule has 0 amide bonds. The molecule has 110 valence electrons. The van der Waals surface area contributed by atoms with E-state index in [-0.39, 0.29) is 18.1 Å². The number of hydrogen-bond donors (Lipinski definition) is 2. The summed E-state index contributed by atoms with van der Waals surface area (Å²) in [5, 5.41) is 9.33. The van der Waals surface area contributed by atoms with E-state index in [0.717, 1.165) is 25.2 Å². The van der Waals surface area contributed by atoms with Crippen LogP contribution in [0.5, 0.6) is 0 Å². The lowest BCUT2D eigenvalue weighted by Gasteiger charge is -2.33. The molecule has 5 nitrogen and oxygen atoms in total. The van der Waals surface area contributed by atoms with Crippen LogP contribution < -0.4 is 4.72 Å². The van der Waals surface area contributed by atoms with E-state index >= 15 is 0 Å². The van der Waals surface area contributed by atoms with E-state index in [9.17, 15) is 13.5 Å². The largest absolute Gasteiger partial charge is 0.395 e. The summed E-state index contributed by atoms with van der Waals surface area (Å²) in [4.78, 5) is 0. The highest BCUT2D eigenvalue weighted by Gasteiger charge is 2.54. The summed E-state index contributed by atoms with van der Waals surface area (Å²) in [6.45, 7) is 1.06. The van der Waals surface area contributed by atoms with Gasteiger partial charge >= 0.3 is 0 Å². The zero-order valence-corrected chi connectivity index (χ0v) is 12.2. The van der Waals surface area contributed by atoms with Gasteiger partial charge in [-0.05, 0) is 49.9 Å². The molecule has 0 aromatic heterocycles. The molecular weight excluding hydrogens is 264 g/mol. The van der Waals surface area contributed by atoms with Gasteiger partial charge in [-0.15, -0.1) is 0 Å². The van der Waals surface area contributed by atoms with Crippen molar-refractivity contribution in [2.75, 3.05) is 19.7 Å². The molecule has 0 aromatic carbocycles. The van der Waals surface area contributed by atoms with E-state index in [4.69, 9.17) is 0 Å². The maximum atomic E-state index is 12.4. The number of piperidine rings is 1. The molecule has 3 aliphatic rings. The summed E-state index contributed by atoms with van der Waals surface area (Å²) in [6.07, 6.45) is 7.54. The van der Waals surface area contributed by atoms with Gasteiger partial charge in [0.1, 0.15) is 0 Å². The first-order chi connectivity index (χ1) is 9.07. The Morgan fingerprint density at radius 2 is 1.95 bits per heavy atom. The molecule has 1 unspecified atom stereocenters. The van der Waals surface area contributed by atoms with Crippen LogP contribution in [0.1, 0.15) is 44.9 Å². The van der Waals surface area contributed by atoms with E-state index in [1.165, 1.54) is 30.0 Å². The van der Waals surface area contributed by atoms with Crippen LogP contribution in [0.25, 0.3) is 0 Å². The molecule has 2 N–H and O–H groups in total. The van der Waals surface area contributed by atoms with Crippen LogP contribution in [-0.2, 0) is 10.2 Å². The molecule has 0 spiro atoms. The summed E-state index contributed by atoms with van der Waals surface area (Å²) in [5.41, 5.74) is 0.275. The average Bonchev–Trinajstić information content (AvgIpc) is 3.28. The van der Waals surface area contributed by atoms with Gasteiger partial charge in [-0.1, -0.05) is 6.42 Å². The van der Waals surface area contributed by atoms with Crippen molar-refractivity contribution >= 4 is 10.2 Å². The van der Waals surface area contributed by atoms with E-state index in [1.54, 1.807) is 0 Å². The Labute approximate surface area is 115 Å². The van der Waals surface area contributed by atoms with Gasteiger partial charge in [-0.2, -0.15) is 12.7 Å². The first kappa shape index (κ1) is 13.8. The number of rotatable bonds is 6. The topological polar surface area (TPSA) is 69.6 Å². The highest BCUT2D eigenvalue weighted by Crippen LogP contribution is 2.60. The Hall–Kier alpha value is -0.170. The molecule has 3 fully saturated rings. The summed E-state index contributed by atoms with van der Waals surface area (Å²) < 4.78 is 29.0. The van der Waals surface area contributed by atoms with Crippen molar-refractivity contribution in [2.24, 2.45) is 11.3 Å². The van der Waals surface area contributed by atoms with Crippen LogP contribution in [0.3, 0.4) is 0 Å². The molecule has 1 saturated heterocycles. The highest BCUT2D eigenvalue weighted by molar-refractivity contribution is 7.87. The maximum Gasteiger partial charge on any atom is 0.279 e. The van der Waals surface area contributed by atoms with Crippen molar-refractivity contribution in [1.82, 2.24) is 9.03 Å². The molecule has 0 aromatic rings. The number of aliphatic hydroxyl groups excluding tert-OH is 1. The van der Waals surface area contributed by atoms with Crippen LogP contribution in [0.2, 0.25) is 0 Å². The third-order valence-corrected chi connectivity index (χ3v) is 6.64. The second-order valence-electron chi connectivity index (χ2n) is 6.41. The number of nitrogens with one attached hydrogen (secondary N) is 1. The monoisotopic (exact) mass is 288 g/mol. The number of aliphatic hydroxyl groups is 1. The molecule has 2 saturated carbocycles. The fourth-order valence-corrected chi connectivity index (χ4v) is 4.95. The summed E-state index contributed by atoms with van der Waals surface area (Å²) >= 11 is 0. The first-order valence-corrected chi connectivity index (χ1v) is 8.89. The Bertz CT molecular complexity index is 429. The van der Waals surface area contributed by atoms with Crippen molar-refractivity contribution < 1.29 is 13.5 Å². The van der Waals surface area contributed by atoms with Gasteiger partial charge in [0.2, 0.25) is 0 Å². The Kier molecular flexibility index (Phi) is 3.62. The quantitative estimate of drug-likeness (QED) is 0.761. The molecular formula is C13H24N2O3S. The minimum atomic E-state index is -3.42. The van der Waals surface area contributed by atoms with Crippen LogP contribution in [0, 0.1) is 11.3 Å². The van der Waals surface area contributed by atoms with Crippen LogP contribution >= 0.6 is 0 Å². The van der Waals surface area contributed by atoms with Crippen LogP contribution in [-0.4, -0.2) is 43.6 Å². The number of nitrogens with zero attached hydrogens (tertiary/aromatic N) is 1. The first-order valence-electron chi connectivity index (χ1n) is 7.45. The standard InChI is InChI=1S/C13H24N2O3S/c16-9-12-3-1-2-8-15(12)19(17,18)14-10-13(6-7-13)11-4-5-11/h11-12,14,16H,1-10H2. The molecule has 1 atom stereocenters. The summed E-state index contributed by atoms with van der Waals surface area (Å²) in [7, 11) is -3.42. The van der Waals surface area contributed by atoms with E-state index in [1.807, 2.05) is 0 Å². The molecule has 6 heteroatoms. The van der Waals surface area contributed by atoms with Gasteiger partial charge in [0, 0.05) is 19.1 Å². The zero-order chi connectivity index (χ0) is 13.5. The van der Waals surface area contributed by atoms with Crippen LogP contribution in [0.15, 0.2) is 0 Å². The van der Waals surface area contributed by atoms with Gasteiger partial charge in [-0.3, -0.25) is 0 Å². The number of hydrogen-bond acceptors (Lipinski definition) is 3. The van der Waals surface area contributed by atoms with Gasteiger partial charge in [0.15, 0.2) is 0 Å². The van der Waals surface area contributed by atoms with Crippen molar-refractivity contribution in [2.45, 2.75) is 51.0 Å². The molecule has 0 radical (unpaired) electrons. The Balaban J connectivity index is 1.61. The molecule has 19 heavy (non-hydrogen) atoms. The lowest BCUT2D eigenvalue weighted by molar-refractivity contribution is 0.153. The second kappa shape index (κ2) is 4.98. The third-order valence-electron chi connectivity index (χ3n) is 5.03. The average molecular weight is 288 g/mol. The smallest absolute Gasteiger partial charge is 0.279 e. The fourth-order valence-electron chi connectivity index (χ4n) is 3.38. The normalized spacial score (nSPS) is 31.3. The second-order valence-corrected chi connectivity index (χ2v) is 8.11. The molecule has 3 rings (SSSR count). The lowest BCUT2D eigenvalue weighted by Crippen LogP contribution is -2.51. The minimum absolute atomic E-state index is 0.0747. The Morgan fingerprint density at radius 3 is 2.53 bits per heavy atom. The van der Waals surface area contributed by atoms with Crippen LogP contribution in [0.4, 0.5) is 0 Å².